The summed E-state index contributed by atoms with van der Waals surface area (Å²) in [5.41, 5.74) is 1.50. The molecule has 0 radical (unpaired) electrons. The van der Waals surface area contributed by atoms with Gasteiger partial charge in [-0.1, -0.05) is 28.2 Å². The van der Waals surface area contributed by atoms with Crippen LogP contribution in [0.4, 0.5) is 10.5 Å². The predicted octanol–water partition coefficient (Wildman–Crippen LogP) is 2.89. The summed E-state index contributed by atoms with van der Waals surface area (Å²) in [7, 11) is -1.15. The number of nitrogens with zero attached hydrogens (tertiary/aromatic N) is 1. The largest absolute Gasteiger partial charge is 0.338 e. The Bertz CT molecular complexity index is 857. The van der Waals surface area contributed by atoms with Gasteiger partial charge in [0.25, 0.3) is 10.0 Å². The first-order valence-corrected chi connectivity index (χ1v) is 9.57. The number of hydrogen-bond acceptors (Lipinski definition) is 4. The zero-order chi connectivity index (χ0) is 19.2. The Balaban J connectivity index is 1.87. The van der Waals surface area contributed by atoms with Crippen molar-refractivity contribution in [2.45, 2.75) is 11.3 Å². The molecule has 0 aliphatic carbocycles. The molecule has 2 rings (SSSR count). The van der Waals surface area contributed by atoms with Gasteiger partial charge in [0.2, 0.25) is 0 Å². The summed E-state index contributed by atoms with van der Waals surface area (Å²) in [5.74, 6) is 0. The van der Waals surface area contributed by atoms with E-state index in [0.717, 1.165) is 10.0 Å². The number of hydrogen-bond donors (Lipinski definition) is 2. The van der Waals surface area contributed by atoms with Crippen LogP contribution in [0.15, 0.2) is 53.4 Å². The summed E-state index contributed by atoms with van der Waals surface area (Å²) in [6, 6.07) is 12.8. The summed E-state index contributed by atoms with van der Waals surface area (Å²) >= 11 is 5.91. The van der Waals surface area contributed by atoms with Gasteiger partial charge >= 0.3 is 6.03 Å². The second-order valence-corrected chi connectivity index (χ2v) is 7.75. The van der Waals surface area contributed by atoms with Crippen LogP contribution >= 0.6 is 11.6 Å². The zero-order valence-corrected chi connectivity index (χ0v) is 16.0. The number of halogens is 1. The lowest BCUT2D eigenvalue weighted by molar-refractivity contribution is -0.0258. The van der Waals surface area contributed by atoms with Crippen molar-refractivity contribution < 1.29 is 18.0 Å². The minimum atomic E-state index is -3.71. The van der Waals surface area contributed by atoms with Gasteiger partial charge in [0.15, 0.2) is 0 Å². The highest BCUT2D eigenvalue weighted by Gasteiger charge is 2.20. The highest BCUT2D eigenvalue weighted by molar-refractivity contribution is 7.89. The Morgan fingerprint density at radius 2 is 1.88 bits per heavy atom. The van der Waals surface area contributed by atoms with Crippen LogP contribution in [0.2, 0.25) is 5.02 Å². The lowest BCUT2D eigenvalue weighted by Crippen LogP contribution is -2.30. The van der Waals surface area contributed by atoms with Crippen molar-refractivity contribution in [2.24, 2.45) is 0 Å². The van der Waals surface area contributed by atoms with E-state index in [-0.39, 0.29) is 10.9 Å². The first-order chi connectivity index (χ1) is 12.3. The van der Waals surface area contributed by atoms with Crippen LogP contribution in [0.1, 0.15) is 5.56 Å². The lowest BCUT2D eigenvalue weighted by Gasteiger charge is -2.14. The molecule has 140 valence electrons. The second-order valence-electron chi connectivity index (χ2n) is 5.38. The molecule has 0 aliphatic heterocycles. The van der Waals surface area contributed by atoms with E-state index in [2.05, 4.69) is 10.6 Å². The molecule has 0 heterocycles. The fourth-order valence-electron chi connectivity index (χ4n) is 2.14. The third-order valence-electron chi connectivity index (χ3n) is 3.59. The standard InChI is InChI=1S/C17H20ClN3O4S/c1-21(25-2)26(23,24)16-8-6-15(7-9-16)20-17(22)19-11-10-13-4-3-5-14(18)12-13/h3-9,12H,10-11H2,1-2H3,(H2,19,20,22). The highest BCUT2D eigenvalue weighted by atomic mass is 35.5. The minimum Gasteiger partial charge on any atom is -0.338 e. The number of anilines is 1. The first kappa shape index (κ1) is 20.2. The number of hydroxylamine groups is 1. The van der Waals surface area contributed by atoms with Crippen LogP contribution in [0.5, 0.6) is 0 Å². The van der Waals surface area contributed by atoms with Crippen molar-refractivity contribution in [1.82, 2.24) is 9.79 Å². The normalized spacial score (nSPS) is 11.4. The number of rotatable bonds is 7. The molecule has 0 fully saturated rings. The fourth-order valence-corrected chi connectivity index (χ4v) is 3.33. The molecule has 0 aliphatic rings. The number of carbonyl (C=O) groups excluding carboxylic acids is 1. The van der Waals surface area contributed by atoms with Gasteiger partial charge in [-0.25, -0.2) is 13.2 Å². The average molecular weight is 398 g/mol. The van der Waals surface area contributed by atoms with Crippen LogP contribution in [0.25, 0.3) is 0 Å². The number of sulfonamides is 1. The zero-order valence-electron chi connectivity index (χ0n) is 14.4. The SMILES string of the molecule is CON(C)S(=O)(=O)c1ccc(NC(=O)NCCc2cccc(Cl)c2)cc1. The summed E-state index contributed by atoms with van der Waals surface area (Å²) < 4.78 is 24.9. The molecule has 0 bridgehead atoms. The highest BCUT2D eigenvalue weighted by Crippen LogP contribution is 2.17. The van der Waals surface area contributed by atoms with Crippen LogP contribution < -0.4 is 10.6 Å². The Hall–Kier alpha value is -2.13. The summed E-state index contributed by atoms with van der Waals surface area (Å²) in [4.78, 5) is 16.7. The molecular formula is C17H20ClN3O4S. The smallest absolute Gasteiger partial charge is 0.319 e. The number of amides is 2. The number of nitrogens with one attached hydrogen (secondary N) is 2. The van der Waals surface area contributed by atoms with Gasteiger partial charge in [-0.2, -0.15) is 0 Å². The molecule has 0 saturated heterocycles. The molecule has 2 aromatic carbocycles. The van der Waals surface area contributed by atoms with Crippen molar-refractivity contribution in [3.63, 3.8) is 0 Å². The van der Waals surface area contributed by atoms with Gasteiger partial charge in [0.05, 0.1) is 12.0 Å². The molecule has 2 N–H and O–H groups in total. The monoisotopic (exact) mass is 397 g/mol. The summed E-state index contributed by atoms with van der Waals surface area (Å²) in [6.07, 6.45) is 0.647. The second kappa shape index (κ2) is 9.00. The first-order valence-electron chi connectivity index (χ1n) is 7.75. The van der Waals surface area contributed by atoms with Gasteiger partial charge in [-0.3, -0.25) is 4.84 Å². The molecule has 0 aromatic heterocycles. The fraction of sp³-hybridized carbons (Fsp3) is 0.235. The molecule has 0 atom stereocenters. The van der Waals surface area contributed by atoms with E-state index in [9.17, 15) is 13.2 Å². The Morgan fingerprint density at radius 1 is 1.19 bits per heavy atom. The number of carbonyl (C=O) groups is 1. The van der Waals surface area contributed by atoms with Gasteiger partial charge in [-0.15, -0.1) is 0 Å². The van der Waals surface area contributed by atoms with E-state index < -0.39 is 10.0 Å². The van der Waals surface area contributed by atoms with Crippen molar-refractivity contribution >= 4 is 33.3 Å². The molecule has 7 nitrogen and oxygen atoms in total. The minimum absolute atomic E-state index is 0.0637. The third kappa shape index (κ3) is 5.43. The van der Waals surface area contributed by atoms with E-state index in [1.807, 2.05) is 18.2 Å². The Kier molecular flexibility index (Phi) is 6.98. The van der Waals surface area contributed by atoms with Crippen molar-refractivity contribution in [3.05, 3.63) is 59.1 Å². The molecule has 0 saturated carbocycles. The predicted molar refractivity (Wildman–Crippen MR) is 101 cm³/mol. The van der Waals surface area contributed by atoms with Crippen LogP contribution in [0.3, 0.4) is 0 Å². The van der Waals surface area contributed by atoms with E-state index in [0.29, 0.717) is 23.7 Å². The average Bonchev–Trinajstić information content (AvgIpc) is 2.61. The summed E-state index contributed by atoms with van der Waals surface area (Å²) in [6.45, 7) is 0.442. The maximum absolute atomic E-state index is 12.1. The topological polar surface area (TPSA) is 87.7 Å². The maximum atomic E-state index is 12.1. The van der Waals surface area contributed by atoms with Gasteiger partial charge in [0.1, 0.15) is 0 Å². The third-order valence-corrected chi connectivity index (χ3v) is 5.52. The Morgan fingerprint density at radius 3 is 2.50 bits per heavy atom. The molecular weight excluding hydrogens is 378 g/mol. The molecule has 0 spiro atoms. The van der Waals surface area contributed by atoms with E-state index in [4.69, 9.17) is 16.4 Å². The molecule has 0 unspecified atom stereocenters. The van der Waals surface area contributed by atoms with Gasteiger partial charge in [0, 0.05) is 24.3 Å². The molecule has 26 heavy (non-hydrogen) atoms. The molecule has 2 amide bonds. The van der Waals surface area contributed by atoms with Crippen molar-refractivity contribution in [1.29, 1.82) is 0 Å². The maximum Gasteiger partial charge on any atom is 0.319 e. The molecule has 9 heteroatoms. The van der Waals surface area contributed by atoms with Crippen LogP contribution in [-0.2, 0) is 21.3 Å². The van der Waals surface area contributed by atoms with E-state index in [1.165, 1.54) is 38.4 Å². The summed E-state index contributed by atoms with van der Waals surface area (Å²) in [5, 5.41) is 6.03. The lowest BCUT2D eigenvalue weighted by atomic mass is 10.1. The van der Waals surface area contributed by atoms with Gasteiger partial charge in [-0.05, 0) is 48.4 Å². The number of urea groups is 1. The van der Waals surface area contributed by atoms with E-state index >= 15 is 0 Å². The van der Waals surface area contributed by atoms with Crippen molar-refractivity contribution in [3.8, 4) is 0 Å². The number of benzene rings is 2. The quantitative estimate of drug-likeness (QED) is 0.703. The Labute approximate surface area is 157 Å². The van der Waals surface area contributed by atoms with Gasteiger partial charge < -0.3 is 10.6 Å². The molecule has 2 aromatic rings. The van der Waals surface area contributed by atoms with Crippen LogP contribution in [-0.4, -0.2) is 39.6 Å². The van der Waals surface area contributed by atoms with E-state index in [1.54, 1.807) is 6.07 Å². The van der Waals surface area contributed by atoms with Crippen molar-refractivity contribution in [2.75, 3.05) is 26.0 Å². The van der Waals surface area contributed by atoms with Crippen LogP contribution in [0, 0.1) is 0 Å².